The van der Waals surface area contributed by atoms with E-state index < -0.39 is 0 Å². The molecule has 2 unspecified atom stereocenters. The van der Waals surface area contributed by atoms with Crippen LogP contribution in [0.2, 0.25) is 0 Å². The van der Waals surface area contributed by atoms with Crippen LogP contribution < -0.4 is 0 Å². The fourth-order valence-electron chi connectivity index (χ4n) is 4.25. The minimum atomic E-state index is -0.264. The number of fused-ring (bicyclic) bond motifs is 2. The van der Waals surface area contributed by atoms with Crippen molar-refractivity contribution >= 4 is 11.9 Å². The van der Waals surface area contributed by atoms with Gasteiger partial charge in [0, 0.05) is 18.0 Å². The number of piperidine rings is 2. The monoisotopic (exact) mass is 354 g/mol. The third-order valence-corrected chi connectivity index (χ3v) is 5.48. The molecule has 6 nitrogen and oxygen atoms in total. The van der Waals surface area contributed by atoms with Gasteiger partial charge in [0.05, 0.1) is 11.8 Å². The van der Waals surface area contributed by atoms with E-state index in [9.17, 15) is 9.59 Å². The minimum Gasteiger partial charge on any atom is -0.445 e. The van der Waals surface area contributed by atoms with Crippen LogP contribution in [-0.2, 0) is 11.3 Å². The maximum atomic E-state index is 12.7. The summed E-state index contributed by atoms with van der Waals surface area (Å²) in [6.45, 7) is 0.276. The first-order chi connectivity index (χ1) is 12.7. The summed E-state index contributed by atoms with van der Waals surface area (Å²) >= 11 is 0. The predicted molar refractivity (Wildman–Crippen MR) is 93.5 cm³/mol. The van der Waals surface area contributed by atoms with Crippen molar-refractivity contribution < 1.29 is 18.8 Å². The van der Waals surface area contributed by atoms with Crippen LogP contribution in [0.1, 0.15) is 48.0 Å². The van der Waals surface area contributed by atoms with E-state index in [0.717, 1.165) is 24.8 Å². The van der Waals surface area contributed by atoms with E-state index in [1.54, 1.807) is 0 Å². The van der Waals surface area contributed by atoms with Crippen molar-refractivity contribution in [3.8, 4) is 0 Å². The van der Waals surface area contributed by atoms with Gasteiger partial charge in [0.25, 0.3) is 0 Å². The Bertz CT molecular complexity index is 745. The number of ether oxygens (including phenoxy) is 1. The highest BCUT2D eigenvalue weighted by Gasteiger charge is 2.43. The van der Waals surface area contributed by atoms with Crippen molar-refractivity contribution in [2.24, 2.45) is 5.92 Å². The average Bonchev–Trinajstić information content (AvgIpc) is 3.20. The van der Waals surface area contributed by atoms with Gasteiger partial charge in [-0.1, -0.05) is 35.5 Å². The molecule has 2 saturated heterocycles. The molecule has 0 N–H and O–H groups in total. The van der Waals surface area contributed by atoms with Crippen LogP contribution in [0.4, 0.5) is 4.79 Å². The van der Waals surface area contributed by atoms with Crippen LogP contribution >= 0.6 is 0 Å². The Morgan fingerprint density at radius 1 is 1.15 bits per heavy atom. The van der Waals surface area contributed by atoms with Crippen LogP contribution in [0.5, 0.6) is 0 Å². The molecule has 2 bridgehead atoms. The first-order valence-electron chi connectivity index (χ1n) is 9.15. The topological polar surface area (TPSA) is 72.6 Å². The standard InChI is InChI=1S/C20H22N2O4/c23-19(16-11-21-26-13-16)15-9-17-7-4-8-18(10-15)22(17)20(24)25-12-14-5-2-1-3-6-14/h1-3,5-6,11,13,15,17-18H,4,7-10,12H2. The van der Waals surface area contributed by atoms with Crippen molar-refractivity contribution in [1.82, 2.24) is 10.1 Å². The maximum absolute atomic E-state index is 12.7. The molecule has 1 amide bonds. The first kappa shape index (κ1) is 16.8. The molecule has 2 aliphatic rings. The normalized spacial score (nSPS) is 24.9. The minimum absolute atomic E-state index is 0.0691. The number of rotatable bonds is 4. The van der Waals surface area contributed by atoms with Gasteiger partial charge in [0.2, 0.25) is 0 Å². The Morgan fingerprint density at radius 3 is 2.54 bits per heavy atom. The van der Waals surface area contributed by atoms with Gasteiger partial charge in [-0.2, -0.15) is 0 Å². The molecule has 2 fully saturated rings. The molecule has 2 aliphatic heterocycles. The van der Waals surface area contributed by atoms with E-state index in [-0.39, 0.29) is 36.5 Å². The number of hydrogen-bond donors (Lipinski definition) is 0. The zero-order valence-corrected chi connectivity index (χ0v) is 14.5. The lowest BCUT2D eigenvalue weighted by molar-refractivity contribution is 0.00471. The lowest BCUT2D eigenvalue weighted by Crippen LogP contribution is -2.55. The van der Waals surface area contributed by atoms with Gasteiger partial charge in [0.1, 0.15) is 12.9 Å². The second-order valence-electron chi connectivity index (χ2n) is 7.13. The van der Waals surface area contributed by atoms with Crippen molar-refractivity contribution in [3.63, 3.8) is 0 Å². The molecule has 0 radical (unpaired) electrons. The van der Waals surface area contributed by atoms with Crippen molar-refractivity contribution in [2.45, 2.75) is 50.8 Å². The van der Waals surface area contributed by atoms with Gasteiger partial charge < -0.3 is 14.2 Å². The predicted octanol–water partition coefficient (Wildman–Crippen LogP) is 3.83. The molecule has 136 valence electrons. The zero-order valence-electron chi connectivity index (χ0n) is 14.5. The number of aromatic nitrogens is 1. The quantitative estimate of drug-likeness (QED) is 0.780. The molecule has 0 spiro atoms. The molecule has 3 heterocycles. The highest BCUT2D eigenvalue weighted by Crippen LogP contribution is 2.38. The number of nitrogens with zero attached hydrogens (tertiary/aromatic N) is 2. The van der Waals surface area contributed by atoms with Crippen molar-refractivity contribution in [1.29, 1.82) is 0 Å². The highest BCUT2D eigenvalue weighted by molar-refractivity contribution is 5.97. The summed E-state index contributed by atoms with van der Waals surface area (Å²) in [5.74, 6) is -0.0108. The molecule has 1 aromatic heterocycles. The van der Waals surface area contributed by atoms with Gasteiger partial charge in [-0.15, -0.1) is 0 Å². The van der Waals surface area contributed by atoms with Gasteiger partial charge >= 0.3 is 6.09 Å². The molecule has 0 saturated carbocycles. The largest absolute Gasteiger partial charge is 0.445 e. The van der Waals surface area contributed by atoms with E-state index >= 15 is 0 Å². The second-order valence-corrected chi connectivity index (χ2v) is 7.13. The highest BCUT2D eigenvalue weighted by atomic mass is 16.6. The molecular formula is C20H22N2O4. The zero-order chi connectivity index (χ0) is 17.9. The van der Waals surface area contributed by atoms with Gasteiger partial charge in [-0.25, -0.2) is 4.79 Å². The fourth-order valence-corrected chi connectivity index (χ4v) is 4.25. The Morgan fingerprint density at radius 2 is 1.88 bits per heavy atom. The van der Waals surface area contributed by atoms with E-state index in [4.69, 9.17) is 9.26 Å². The Hall–Kier alpha value is -2.63. The second kappa shape index (κ2) is 7.32. The molecule has 2 aromatic rings. The average molecular weight is 354 g/mol. The van der Waals surface area contributed by atoms with Crippen molar-refractivity contribution in [2.75, 3.05) is 0 Å². The van der Waals surface area contributed by atoms with Gasteiger partial charge in [-0.3, -0.25) is 4.79 Å². The molecule has 0 aliphatic carbocycles. The molecular weight excluding hydrogens is 332 g/mol. The Labute approximate surface area is 152 Å². The lowest BCUT2D eigenvalue weighted by Gasteiger charge is -2.47. The summed E-state index contributed by atoms with van der Waals surface area (Å²) in [4.78, 5) is 27.2. The summed E-state index contributed by atoms with van der Waals surface area (Å²) < 4.78 is 10.3. The molecule has 2 atom stereocenters. The molecule has 1 aromatic carbocycles. The number of ketones is 1. The Kier molecular flexibility index (Phi) is 4.73. The summed E-state index contributed by atoms with van der Waals surface area (Å²) in [5.41, 5.74) is 1.50. The summed E-state index contributed by atoms with van der Waals surface area (Å²) in [7, 11) is 0. The van der Waals surface area contributed by atoms with E-state index in [0.29, 0.717) is 18.4 Å². The SMILES string of the molecule is O=C(c1cnoc1)C1CC2CCCC(C1)N2C(=O)OCc1ccccc1. The number of carbonyl (C=O) groups excluding carboxylic acids is 2. The van der Waals surface area contributed by atoms with E-state index in [2.05, 4.69) is 5.16 Å². The Balaban J connectivity index is 1.42. The third-order valence-electron chi connectivity index (χ3n) is 5.48. The summed E-state index contributed by atoms with van der Waals surface area (Å²) in [6.07, 6.45) is 6.90. The van der Waals surface area contributed by atoms with Crippen molar-refractivity contribution in [3.05, 3.63) is 53.9 Å². The number of Topliss-reactive ketones (excluding diaryl/α,β-unsaturated/α-hetero) is 1. The van der Waals surface area contributed by atoms with Crippen LogP contribution in [-0.4, -0.2) is 34.0 Å². The lowest BCUT2D eigenvalue weighted by atomic mass is 9.76. The van der Waals surface area contributed by atoms with E-state index in [1.165, 1.54) is 12.5 Å². The summed E-state index contributed by atoms with van der Waals surface area (Å²) in [5, 5.41) is 3.63. The van der Waals surface area contributed by atoms with Gasteiger partial charge in [0.15, 0.2) is 5.78 Å². The number of benzene rings is 1. The number of carbonyl (C=O) groups is 2. The van der Waals surface area contributed by atoms with Crippen LogP contribution in [0.15, 0.2) is 47.3 Å². The maximum Gasteiger partial charge on any atom is 0.410 e. The first-order valence-corrected chi connectivity index (χ1v) is 9.15. The third kappa shape index (κ3) is 3.36. The van der Waals surface area contributed by atoms with Gasteiger partial charge in [-0.05, 0) is 37.7 Å². The smallest absolute Gasteiger partial charge is 0.410 e. The fraction of sp³-hybridized carbons (Fsp3) is 0.450. The van der Waals surface area contributed by atoms with E-state index in [1.807, 2.05) is 35.2 Å². The van der Waals surface area contributed by atoms with Crippen LogP contribution in [0.25, 0.3) is 0 Å². The summed E-state index contributed by atoms with van der Waals surface area (Å²) in [6, 6.07) is 9.82. The molecule has 6 heteroatoms. The van der Waals surface area contributed by atoms with Crippen LogP contribution in [0.3, 0.4) is 0 Å². The number of hydrogen-bond acceptors (Lipinski definition) is 5. The molecule has 26 heavy (non-hydrogen) atoms. The number of amides is 1. The molecule has 4 rings (SSSR count). The van der Waals surface area contributed by atoms with Crippen LogP contribution in [0, 0.1) is 5.92 Å².